The molecule has 0 radical (unpaired) electrons. The van der Waals surface area contributed by atoms with Gasteiger partial charge in [-0.1, -0.05) is 66.7 Å². The van der Waals surface area contributed by atoms with Gasteiger partial charge in [0, 0.05) is 12.0 Å². The van der Waals surface area contributed by atoms with Gasteiger partial charge in [0.05, 0.1) is 6.04 Å². The summed E-state index contributed by atoms with van der Waals surface area (Å²) in [5.74, 6) is -0.967. The molecule has 0 saturated heterocycles. The summed E-state index contributed by atoms with van der Waals surface area (Å²) >= 11 is 0. The highest BCUT2D eigenvalue weighted by Crippen LogP contribution is 2.12. The maximum absolute atomic E-state index is 13.9. The lowest BCUT2D eigenvalue weighted by Crippen LogP contribution is -2.43. The first-order valence-corrected chi connectivity index (χ1v) is 8.79. The van der Waals surface area contributed by atoms with Crippen molar-refractivity contribution in [3.63, 3.8) is 0 Å². The molecule has 1 N–H and O–H groups in total. The van der Waals surface area contributed by atoms with Gasteiger partial charge in [0.25, 0.3) is 5.91 Å². The number of carbonyl (C=O) groups excluding carboxylic acids is 2. The summed E-state index contributed by atoms with van der Waals surface area (Å²) < 4.78 is 13.9. The summed E-state index contributed by atoms with van der Waals surface area (Å²) in [5, 5.41) is 2.81. The Morgan fingerprint density at radius 3 is 2.07 bits per heavy atom. The Morgan fingerprint density at radius 1 is 0.815 bits per heavy atom. The second-order valence-corrected chi connectivity index (χ2v) is 6.32. The van der Waals surface area contributed by atoms with Crippen molar-refractivity contribution < 1.29 is 14.0 Å². The van der Waals surface area contributed by atoms with E-state index in [-0.39, 0.29) is 18.1 Å². The highest BCUT2D eigenvalue weighted by molar-refractivity contribution is 5.98. The Morgan fingerprint density at radius 2 is 1.41 bits per heavy atom. The molecule has 1 amide bonds. The molecule has 27 heavy (non-hydrogen) atoms. The monoisotopic (exact) mass is 361 g/mol. The zero-order valence-corrected chi connectivity index (χ0v) is 14.8. The van der Waals surface area contributed by atoms with Crippen LogP contribution in [0.3, 0.4) is 0 Å². The SMILES string of the molecule is O=C(NC(Cc1ccccc1)C(=O)Cc1ccccc1F)c1ccccc1. The van der Waals surface area contributed by atoms with Crippen molar-refractivity contribution in [3.05, 3.63) is 107 Å². The fourth-order valence-electron chi connectivity index (χ4n) is 2.88. The topological polar surface area (TPSA) is 46.2 Å². The third kappa shape index (κ3) is 5.11. The molecule has 3 rings (SSSR count). The van der Waals surface area contributed by atoms with Gasteiger partial charge in [-0.15, -0.1) is 0 Å². The van der Waals surface area contributed by atoms with E-state index >= 15 is 0 Å². The molecule has 136 valence electrons. The van der Waals surface area contributed by atoms with Crippen molar-refractivity contribution in [2.75, 3.05) is 0 Å². The molecule has 4 heteroatoms. The quantitative estimate of drug-likeness (QED) is 0.692. The number of hydrogen-bond donors (Lipinski definition) is 1. The number of halogens is 1. The van der Waals surface area contributed by atoms with Crippen molar-refractivity contribution in [1.82, 2.24) is 5.32 Å². The summed E-state index contributed by atoms with van der Waals surface area (Å²) in [5.41, 5.74) is 1.74. The molecule has 1 atom stereocenters. The molecular weight excluding hydrogens is 341 g/mol. The van der Waals surface area contributed by atoms with E-state index in [9.17, 15) is 14.0 Å². The smallest absolute Gasteiger partial charge is 0.251 e. The van der Waals surface area contributed by atoms with Crippen LogP contribution in [0.2, 0.25) is 0 Å². The summed E-state index contributed by atoms with van der Waals surface area (Å²) in [7, 11) is 0. The first-order valence-electron chi connectivity index (χ1n) is 8.79. The Labute approximate surface area is 157 Å². The number of Topliss-reactive ketones (excluding diaryl/α,β-unsaturated/α-hetero) is 1. The predicted molar refractivity (Wildman–Crippen MR) is 103 cm³/mol. The van der Waals surface area contributed by atoms with Crippen LogP contribution in [-0.2, 0) is 17.6 Å². The molecule has 0 aliphatic heterocycles. The molecule has 0 fully saturated rings. The van der Waals surface area contributed by atoms with E-state index in [1.807, 2.05) is 36.4 Å². The van der Waals surface area contributed by atoms with E-state index in [4.69, 9.17) is 0 Å². The first kappa shape index (κ1) is 18.5. The molecule has 0 spiro atoms. The highest BCUT2D eigenvalue weighted by Gasteiger charge is 2.23. The molecular formula is C23H20FNO2. The third-order valence-electron chi connectivity index (χ3n) is 4.34. The molecule has 3 aromatic rings. The van der Waals surface area contributed by atoms with E-state index in [0.29, 0.717) is 17.5 Å². The first-order chi connectivity index (χ1) is 13.1. The second-order valence-electron chi connectivity index (χ2n) is 6.32. The van der Waals surface area contributed by atoms with Gasteiger partial charge in [-0.2, -0.15) is 0 Å². The van der Waals surface area contributed by atoms with Crippen LogP contribution in [0.25, 0.3) is 0 Å². The molecule has 0 heterocycles. The van der Waals surface area contributed by atoms with E-state index in [1.165, 1.54) is 6.07 Å². The van der Waals surface area contributed by atoms with Gasteiger partial charge in [-0.05, 0) is 35.7 Å². The van der Waals surface area contributed by atoms with Crippen LogP contribution >= 0.6 is 0 Å². The molecule has 0 saturated carbocycles. The zero-order chi connectivity index (χ0) is 19.1. The van der Waals surface area contributed by atoms with Crippen molar-refractivity contribution in [3.8, 4) is 0 Å². The number of amides is 1. The normalized spacial score (nSPS) is 11.6. The summed E-state index contributed by atoms with van der Waals surface area (Å²) in [4.78, 5) is 25.4. The van der Waals surface area contributed by atoms with Crippen LogP contribution in [0.1, 0.15) is 21.5 Å². The van der Waals surface area contributed by atoms with E-state index in [2.05, 4.69) is 5.32 Å². The lowest BCUT2D eigenvalue weighted by atomic mass is 9.97. The van der Waals surface area contributed by atoms with Crippen LogP contribution in [0.4, 0.5) is 4.39 Å². The molecule has 3 nitrogen and oxygen atoms in total. The number of nitrogens with one attached hydrogen (secondary N) is 1. The van der Waals surface area contributed by atoms with Crippen LogP contribution in [0, 0.1) is 5.82 Å². The van der Waals surface area contributed by atoms with Gasteiger partial charge in [-0.25, -0.2) is 4.39 Å². The number of hydrogen-bond acceptors (Lipinski definition) is 2. The molecule has 0 aliphatic rings. The maximum atomic E-state index is 13.9. The molecule has 0 aromatic heterocycles. The minimum absolute atomic E-state index is 0.0702. The average Bonchev–Trinajstić information content (AvgIpc) is 2.70. The number of ketones is 1. The third-order valence-corrected chi connectivity index (χ3v) is 4.34. The van der Waals surface area contributed by atoms with Gasteiger partial charge in [0.1, 0.15) is 5.82 Å². The van der Waals surface area contributed by atoms with Crippen LogP contribution in [-0.4, -0.2) is 17.7 Å². The van der Waals surface area contributed by atoms with Gasteiger partial charge < -0.3 is 5.32 Å². The summed E-state index contributed by atoms with van der Waals surface area (Å²) in [6.45, 7) is 0. The van der Waals surface area contributed by atoms with Gasteiger partial charge in [0.15, 0.2) is 5.78 Å². The fourth-order valence-corrected chi connectivity index (χ4v) is 2.88. The van der Waals surface area contributed by atoms with E-state index < -0.39 is 11.9 Å². The maximum Gasteiger partial charge on any atom is 0.251 e. The fraction of sp³-hybridized carbons (Fsp3) is 0.130. The largest absolute Gasteiger partial charge is 0.342 e. The zero-order valence-electron chi connectivity index (χ0n) is 14.8. The molecule has 3 aromatic carbocycles. The minimum Gasteiger partial charge on any atom is -0.342 e. The Kier molecular flexibility index (Phi) is 6.10. The predicted octanol–water partition coefficient (Wildman–Crippen LogP) is 3.98. The van der Waals surface area contributed by atoms with Gasteiger partial charge in [-0.3, -0.25) is 9.59 Å². The Balaban J connectivity index is 1.79. The van der Waals surface area contributed by atoms with E-state index in [1.54, 1.807) is 42.5 Å². The molecule has 0 bridgehead atoms. The van der Waals surface area contributed by atoms with Crippen molar-refractivity contribution in [2.45, 2.75) is 18.9 Å². The average molecular weight is 361 g/mol. The van der Waals surface area contributed by atoms with Crippen molar-refractivity contribution in [1.29, 1.82) is 0 Å². The highest BCUT2D eigenvalue weighted by atomic mass is 19.1. The van der Waals surface area contributed by atoms with Gasteiger partial charge >= 0.3 is 0 Å². The standard InChI is InChI=1S/C23H20FNO2/c24-20-14-8-7-13-19(20)16-22(26)21(15-17-9-3-1-4-10-17)25-23(27)18-11-5-2-6-12-18/h1-14,21H,15-16H2,(H,25,27). The van der Waals surface area contributed by atoms with Crippen LogP contribution in [0.15, 0.2) is 84.9 Å². The Bertz CT molecular complexity index is 910. The number of carbonyl (C=O) groups is 2. The van der Waals surface area contributed by atoms with E-state index in [0.717, 1.165) is 5.56 Å². The number of benzene rings is 3. The van der Waals surface area contributed by atoms with Crippen molar-refractivity contribution in [2.24, 2.45) is 0 Å². The lowest BCUT2D eigenvalue weighted by Gasteiger charge is -2.18. The lowest BCUT2D eigenvalue weighted by molar-refractivity contribution is -0.120. The summed E-state index contributed by atoms with van der Waals surface area (Å²) in [6, 6.07) is 23.7. The molecule has 1 unspecified atom stereocenters. The van der Waals surface area contributed by atoms with Crippen molar-refractivity contribution >= 4 is 11.7 Å². The van der Waals surface area contributed by atoms with Gasteiger partial charge in [0.2, 0.25) is 0 Å². The van der Waals surface area contributed by atoms with Crippen LogP contribution in [0.5, 0.6) is 0 Å². The number of rotatable bonds is 7. The molecule has 0 aliphatic carbocycles. The minimum atomic E-state index is -0.736. The summed E-state index contributed by atoms with van der Waals surface area (Å²) in [6.07, 6.45) is 0.284. The van der Waals surface area contributed by atoms with Crippen LogP contribution < -0.4 is 5.32 Å². The Hall–Kier alpha value is -3.27. The second kappa shape index (κ2) is 8.90.